The number of nitrogens with one attached hydrogen (secondary N) is 2. The highest BCUT2D eigenvalue weighted by atomic mass is 32.2. The Balaban J connectivity index is 2.33. The Morgan fingerprint density at radius 2 is 1.91 bits per heavy atom. The highest BCUT2D eigenvalue weighted by Gasteiger charge is 2.12. The van der Waals surface area contributed by atoms with Crippen molar-refractivity contribution in [1.82, 2.24) is 0 Å². The molecule has 0 heterocycles. The molecule has 22 heavy (non-hydrogen) atoms. The van der Waals surface area contributed by atoms with Crippen LogP contribution in [0.15, 0.2) is 47.4 Å². The van der Waals surface area contributed by atoms with E-state index in [1.54, 1.807) is 18.7 Å². The number of hydrogen-bond acceptors (Lipinski definition) is 4. The van der Waals surface area contributed by atoms with Crippen LogP contribution in [0, 0.1) is 5.82 Å². The van der Waals surface area contributed by atoms with Crippen LogP contribution in [0.2, 0.25) is 0 Å². The second-order valence-corrected chi connectivity index (χ2v) is 5.64. The lowest BCUT2D eigenvalue weighted by Gasteiger charge is -2.16. The van der Waals surface area contributed by atoms with E-state index in [4.69, 9.17) is 5.73 Å². The van der Waals surface area contributed by atoms with Crippen LogP contribution in [0.4, 0.5) is 21.5 Å². The third-order valence-corrected chi connectivity index (χ3v) is 3.83. The van der Waals surface area contributed by atoms with Gasteiger partial charge < -0.3 is 16.4 Å². The van der Waals surface area contributed by atoms with Gasteiger partial charge in [0, 0.05) is 4.90 Å². The third kappa shape index (κ3) is 3.99. The number of carbonyl (C=O) groups is 1. The minimum atomic E-state index is -0.642. The molecule has 4 nitrogen and oxygen atoms in total. The van der Waals surface area contributed by atoms with Gasteiger partial charge in [0.15, 0.2) is 0 Å². The van der Waals surface area contributed by atoms with Gasteiger partial charge in [0.25, 0.3) is 0 Å². The lowest BCUT2D eigenvalue weighted by molar-refractivity contribution is -0.117. The number of thioether (sulfide) groups is 1. The molecule has 0 fully saturated rings. The summed E-state index contributed by atoms with van der Waals surface area (Å²) in [6, 6.07) is 11.2. The van der Waals surface area contributed by atoms with Gasteiger partial charge in [-0.2, -0.15) is 0 Å². The Bertz CT molecular complexity index is 676. The predicted molar refractivity (Wildman–Crippen MR) is 90.2 cm³/mol. The van der Waals surface area contributed by atoms with Crippen molar-refractivity contribution in [2.24, 2.45) is 5.73 Å². The smallest absolute Gasteiger partial charge is 0.241 e. The Morgan fingerprint density at radius 1 is 1.18 bits per heavy atom. The summed E-state index contributed by atoms with van der Waals surface area (Å²) in [6.45, 7) is 1.59. The fourth-order valence-electron chi connectivity index (χ4n) is 1.87. The van der Waals surface area contributed by atoms with Crippen molar-refractivity contribution in [3.05, 3.63) is 48.3 Å². The number of anilines is 3. The van der Waals surface area contributed by atoms with Crippen LogP contribution in [-0.4, -0.2) is 18.2 Å². The summed E-state index contributed by atoms with van der Waals surface area (Å²) in [5.41, 5.74) is 7.36. The van der Waals surface area contributed by atoms with Crippen molar-refractivity contribution in [1.29, 1.82) is 0 Å². The van der Waals surface area contributed by atoms with Gasteiger partial charge in [0.1, 0.15) is 5.82 Å². The standard InChI is InChI=1S/C16H18FN3OS/c1-10(18)16(21)20-12-8-7-11(17)9-14(12)19-13-5-3-4-6-15(13)22-2/h3-10,19H,18H2,1-2H3,(H,20,21)/t10-/m0/s1. The Kier molecular flexibility index (Phi) is 5.41. The van der Waals surface area contributed by atoms with Crippen molar-refractivity contribution in [2.75, 3.05) is 16.9 Å². The third-order valence-electron chi connectivity index (χ3n) is 3.03. The molecule has 0 spiro atoms. The molecule has 0 aliphatic heterocycles. The lowest BCUT2D eigenvalue weighted by atomic mass is 10.2. The molecular formula is C16H18FN3OS. The fraction of sp³-hybridized carbons (Fsp3) is 0.188. The quantitative estimate of drug-likeness (QED) is 0.737. The van der Waals surface area contributed by atoms with Gasteiger partial charge in [-0.25, -0.2) is 4.39 Å². The van der Waals surface area contributed by atoms with E-state index in [0.717, 1.165) is 10.6 Å². The maximum Gasteiger partial charge on any atom is 0.241 e. The summed E-state index contributed by atoms with van der Waals surface area (Å²) in [4.78, 5) is 12.8. The van der Waals surface area contributed by atoms with E-state index in [1.165, 1.54) is 18.2 Å². The number of para-hydroxylation sites is 1. The zero-order valence-corrected chi connectivity index (χ0v) is 13.2. The largest absolute Gasteiger partial charge is 0.353 e. The number of hydrogen-bond donors (Lipinski definition) is 3. The van der Waals surface area contributed by atoms with Gasteiger partial charge in [0.05, 0.1) is 23.1 Å². The molecule has 0 aliphatic carbocycles. The molecule has 2 aromatic carbocycles. The highest BCUT2D eigenvalue weighted by Crippen LogP contribution is 2.31. The second kappa shape index (κ2) is 7.29. The van der Waals surface area contributed by atoms with Crippen LogP contribution < -0.4 is 16.4 Å². The number of carbonyl (C=O) groups excluding carboxylic acids is 1. The molecule has 0 aromatic heterocycles. The normalized spacial score (nSPS) is 11.8. The van der Waals surface area contributed by atoms with Gasteiger partial charge in [0.2, 0.25) is 5.91 Å². The molecule has 116 valence electrons. The topological polar surface area (TPSA) is 67.1 Å². The van der Waals surface area contributed by atoms with Gasteiger partial charge in [-0.15, -0.1) is 11.8 Å². The van der Waals surface area contributed by atoms with Crippen LogP contribution >= 0.6 is 11.8 Å². The van der Waals surface area contributed by atoms with Gasteiger partial charge >= 0.3 is 0 Å². The summed E-state index contributed by atoms with van der Waals surface area (Å²) in [6.07, 6.45) is 1.96. The monoisotopic (exact) mass is 319 g/mol. The molecule has 4 N–H and O–H groups in total. The zero-order chi connectivity index (χ0) is 16.1. The maximum atomic E-state index is 13.5. The molecule has 0 saturated carbocycles. The van der Waals surface area contributed by atoms with E-state index < -0.39 is 6.04 Å². The summed E-state index contributed by atoms with van der Waals surface area (Å²) in [5.74, 6) is -0.712. The molecule has 2 aromatic rings. The first-order chi connectivity index (χ1) is 10.5. The van der Waals surface area contributed by atoms with E-state index in [2.05, 4.69) is 10.6 Å². The molecule has 0 aliphatic rings. The van der Waals surface area contributed by atoms with Crippen LogP contribution in [-0.2, 0) is 4.79 Å². The molecular weight excluding hydrogens is 301 g/mol. The molecule has 2 rings (SSSR count). The number of nitrogens with two attached hydrogens (primary N) is 1. The minimum absolute atomic E-state index is 0.326. The van der Waals surface area contributed by atoms with Gasteiger partial charge in [-0.05, 0) is 43.5 Å². The molecule has 6 heteroatoms. The summed E-state index contributed by atoms with van der Waals surface area (Å²) < 4.78 is 13.5. The zero-order valence-electron chi connectivity index (χ0n) is 12.4. The van der Waals surface area contributed by atoms with Crippen molar-refractivity contribution in [2.45, 2.75) is 17.9 Å². The van der Waals surface area contributed by atoms with Crippen molar-refractivity contribution in [3.63, 3.8) is 0 Å². The molecule has 1 amide bonds. The highest BCUT2D eigenvalue weighted by molar-refractivity contribution is 7.98. The average molecular weight is 319 g/mol. The Labute approximate surface area is 133 Å². The number of halogens is 1. The van der Waals surface area contributed by atoms with Crippen LogP contribution in [0.5, 0.6) is 0 Å². The van der Waals surface area contributed by atoms with Crippen LogP contribution in [0.1, 0.15) is 6.92 Å². The van der Waals surface area contributed by atoms with E-state index >= 15 is 0 Å². The van der Waals surface area contributed by atoms with E-state index in [-0.39, 0.29) is 11.7 Å². The average Bonchev–Trinajstić information content (AvgIpc) is 2.50. The molecule has 0 bridgehead atoms. The number of rotatable bonds is 5. The summed E-state index contributed by atoms with van der Waals surface area (Å²) >= 11 is 1.58. The van der Waals surface area contributed by atoms with Crippen LogP contribution in [0.3, 0.4) is 0 Å². The first-order valence-electron chi connectivity index (χ1n) is 6.77. The lowest BCUT2D eigenvalue weighted by Crippen LogP contribution is -2.32. The Hall–Kier alpha value is -2.05. The SMILES string of the molecule is CSc1ccccc1Nc1cc(F)ccc1NC(=O)[C@H](C)N. The van der Waals surface area contributed by atoms with Gasteiger partial charge in [-0.1, -0.05) is 12.1 Å². The van der Waals surface area contributed by atoms with E-state index in [0.29, 0.717) is 11.4 Å². The van der Waals surface area contributed by atoms with E-state index in [9.17, 15) is 9.18 Å². The van der Waals surface area contributed by atoms with Crippen molar-refractivity contribution in [3.8, 4) is 0 Å². The minimum Gasteiger partial charge on any atom is -0.353 e. The second-order valence-electron chi connectivity index (χ2n) is 4.79. The van der Waals surface area contributed by atoms with Crippen LogP contribution in [0.25, 0.3) is 0 Å². The molecule has 0 radical (unpaired) electrons. The number of benzene rings is 2. The first-order valence-corrected chi connectivity index (χ1v) is 7.99. The molecule has 0 unspecified atom stereocenters. The molecule has 0 saturated heterocycles. The van der Waals surface area contributed by atoms with E-state index in [1.807, 2.05) is 30.5 Å². The molecule has 1 atom stereocenters. The summed E-state index contributed by atoms with van der Waals surface area (Å²) in [5, 5.41) is 5.86. The van der Waals surface area contributed by atoms with Crippen molar-refractivity contribution < 1.29 is 9.18 Å². The fourth-order valence-corrected chi connectivity index (χ4v) is 2.42. The van der Waals surface area contributed by atoms with Crippen molar-refractivity contribution >= 4 is 34.7 Å². The maximum absolute atomic E-state index is 13.5. The Morgan fingerprint density at radius 3 is 2.59 bits per heavy atom. The number of amides is 1. The summed E-state index contributed by atoms with van der Waals surface area (Å²) in [7, 11) is 0. The van der Waals surface area contributed by atoms with Gasteiger partial charge in [-0.3, -0.25) is 4.79 Å². The predicted octanol–water partition coefficient (Wildman–Crippen LogP) is 3.58. The first kappa shape index (κ1) is 16.3.